The zero-order chi connectivity index (χ0) is 12.9. The summed E-state index contributed by atoms with van der Waals surface area (Å²) < 4.78 is 0. The van der Waals surface area contributed by atoms with E-state index in [2.05, 4.69) is 46.9 Å². The molecule has 0 aromatic carbocycles. The Bertz CT molecular complexity index is 218. The number of carbonyl (C=O) groups is 1. The van der Waals surface area contributed by atoms with Crippen LogP contribution in [0.4, 0.5) is 0 Å². The van der Waals surface area contributed by atoms with Crippen LogP contribution in [0, 0.1) is 17.3 Å². The molecule has 2 unspecified atom stereocenters. The fraction of sp³-hybridized carbons (Fsp3) is 0.923. The number of amides is 1. The standard InChI is InChI=1S/C13H28N2O/c1-9(2)10(3)8-15-12(16)7-11(14)13(4,5)6/h9-11H,7-8,14H2,1-6H3,(H,15,16). The van der Waals surface area contributed by atoms with Gasteiger partial charge >= 0.3 is 0 Å². The number of hydrogen-bond donors (Lipinski definition) is 2. The average Bonchev–Trinajstić information content (AvgIpc) is 2.12. The van der Waals surface area contributed by atoms with E-state index < -0.39 is 0 Å². The third-order valence-corrected chi connectivity index (χ3v) is 3.28. The Labute approximate surface area is 100 Å². The Morgan fingerprint density at radius 2 is 1.75 bits per heavy atom. The molecule has 0 bridgehead atoms. The molecule has 0 aliphatic rings. The first-order valence-electron chi connectivity index (χ1n) is 6.17. The summed E-state index contributed by atoms with van der Waals surface area (Å²) in [5.74, 6) is 1.17. The van der Waals surface area contributed by atoms with Crippen LogP contribution in [0.1, 0.15) is 48.0 Å². The molecule has 16 heavy (non-hydrogen) atoms. The molecule has 0 aromatic heterocycles. The van der Waals surface area contributed by atoms with Gasteiger partial charge in [-0.05, 0) is 17.3 Å². The monoisotopic (exact) mass is 228 g/mol. The lowest BCUT2D eigenvalue weighted by Crippen LogP contribution is -2.41. The van der Waals surface area contributed by atoms with E-state index in [9.17, 15) is 4.79 Å². The van der Waals surface area contributed by atoms with E-state index in [1.165, 1.54) is 0 Å². The summed E-state index contributed by atoms with van der Waals surface area (Å²) in [5, 5.41) is 2.95. The number of carbonyl (C=O) groups excluding carboxylic acids is 1. The molecule has 2 atom stereocenters. The number of nitrogens with one attached hydrogen (secondary N) is 1. The highest BCUT2D eigenvalue weighted by atomic mass is 16.1. The number of rotatable bonds is 5. The lowest BCUT2D eigenvalue weighted by atomic mass is 9.85. The molecule has 0 heterocycles. The van der Waals surface area contributed by atoms with Crippen LogP contribution in [-0.2, 0) is 4.79 Å². The van der Waals surface area contributed by atoms with Gasteiger partial charge in [0, 0.05) is 19.0 Å². The topological polar surface area (TPSA) is 55.1 Å². The lowest BCUT2D eigenvalue weighted by molar-refractivity contribution is -0.122. The first kappa shape index (κ1) is 15.4. The van der Waals surface area contributed by atoms with Gasteiger partial charge in [-0.15, -0.1) is 0 Å². The van der Waals surface area contributed by atoms with Crippen molar-refractivity contribution in [3.8, 4) is 0 Å². The predicted octanol–water partition coefficient (Wildman–Crippen LogP) is 2.16. The molecule has 0 radical (unpaired) electrons. The van der Waals surface area contributed by atoms with E-state index in [0.29, 0.717) is 18.3 Å². The maximum atomic E-state index is 11.6. The van der Waals surface area contributed by atoms with Gasteiger partial charge in [0.1, 0.15) is 0 Å². The van der Waals surface area contributed by atoms with Crippen molar-refractivity contribution < 1.29 is 4.79 Å². The minimum absolute atomic E-state index is 0.0129. The van der Waals surface area contributed by atoms with Gasteiger partial charge in [-0.3, -0.25) is 4.79 Å². The summed E-state index contributed by atoms with van der Waals surface area (Å²) in [6.45, 7) is 13.4. The summed E-state index contributed by atoms with van der Waals surface area (Å²) in [4.78, 5) is 11.6. The fourth-order valence-electron chi connectivity index (χ4n) is 1.09. The van der Waals surface area contributed by atoms with Crippen molar-refractivity contribution in [2.24, 2.45) is 23.0 Å². The largest absolute Gasteiger partial charge is 0.356 e. The maximum absolute atomic E-state index is 11.6. The van der Waals surface area contributed by atoms with E-state index in [0.717, 1.165) is 6.54 Å². The van der Waals surface area contributed by atoms with Gasteiger partial charge < -0.3 is 11.1 Å². The highest BCUT2D eigenvalue weighted by Gasteiger charge is 2.23. The van der Waals surface area contributed by atoms with Crippen molar-refractivity contribution in [2.75, 3.05) is 6.54 Å². The van der Waals surface area contributed by atoms with Gasteiger partial charge in [-0.25, -0.2) is 0 Å². The van der Waals surface area contributed by atoms with Crippen LogP contribution in [0.5, 0.6) is 0 Å². The van der Waals surface area contributed by atoms with E-state index in [4.69, 9.17) is 5.73 Å². The van der Waals surface area contributed by atoms with Crippen molar-refractivity contribution >= 4 is 5.91 Å². The highest BCUT2D eigenvalue weighted by molar-refractivity contribution is 5.76. The normalized spacial score (nSPS) is 16.0. The summed E-state index contributed by atoms with van der Waals surface area (Å²) >= 11 is 0. The Hall–Kier alpha value is -0.570. The molecule has 3 heteroatoms. The number of nitrogens with two attached hydrogens (primary N) is 1. The van der Waals surface area contributed by atoms with Crippen LogP contribution in [-0.4, -0.2) is 18.5 Å². The second-order valence-corrected chi connectivity index (χ2v) is 6.20. The maximum Gasteiger partial charge on any atom is 0.221 e. The molecule has 96 valence electrons. The Morgan fingerprint density at radius 1 is 1.25 bits per heavy atom. The zero-order valence-electron chi connectivity index (χ0n) is 11.6. The fourth-order valence-corrected chi connectivity index (χ4v) is 1.09. The molecular formula is C13H28N2O. The Kier molecular flexibility index (Phi) is 6.01. The molecule has 1 amide bonds. The first-order chi connectivity index (χ1) is 7.14. The summed E-state index contributed by atoms with van der Waals surface area (Å²) in [6.07, 6.45) is 0.411. The third kappa shape index (κ3) is 6.11. The Morgan fingerprint density at radius 3 is 2.12 bits per heavy atom. The molecule has 0 aliphatic heterocycles. The van der Waals surface area contributed by atoms with Gasteiger partial charge in [-0.2, -0.15) is 0 Å². The lowest BCUT2D eigenvalue weighted by Gasteiger charge is -2.26. The van der Waals surface area contributed by atoms with E-state index in [-0.39, 0.29) is 17.4 Å². The van der Waals surface area contributed by atoms with Gasteiger partial charge in [0.2, 0.25) is 5.91 Å². The van der Waals surface area contributed by atoms with Crippen LogP contribution >= 0.6 is 0 Å². The van der Waals surface area contributed by atoms with E-state index in [1.54, 1.807) is 0 Å². The van der Waals surface area contributed by atoms with Gasteiger partial charge in [0.05, 0.1) is 0 Å². The number of hydrogen-bond acceptors (Lipinski definition) is 2. The third-order valence-electron chi connectivity index (χ3n) is 3.28. The molecule has 0 saturated heterocycles. The SMILES string of the molecule is CC(C)C(C)CNC(=O)CC(N)C(C)(C)C. The minimum atomic E-state index is -0.0816. The molecule has 0 rings (SSSR count). The van der Waals surface area contributed by atoms with Crippen molar-refractivity contribution in [3.05, 3.63) is 0 Å². The average molecular weight is 228 g/mol. The second kappa shape index (κ2) is 6.24. The molecule has 0 spiro atoms. The predicted molar refractivity (Wildman–Crippen MR) is 69.1 cm³/mol. The molecule has 0 aromatic rings. The van der Waals surface area contributed by atoms with Crippen LogP contribution in [0.25, 0.3) is 0 Å². The van der Waals surface area contributed by atoms with Gasteiger partial charge in [0.15, 0.2) is 0 Å². The summed E-state index contributed by atoms with van der Waals surface area (Å²) in [5.41, 5.74) is 5.94. The molecular weight excluding hydrogens is 200 g/mol. The second-order valence-electron chi connectivity index (χ2n) is 6.20. The molecule has 3 nitrogen and oxygen atoms in total. The van der Waals surface area contributed by atoms with Crippen LogP contribution in [0.15, 0.2) is 0 Å². The van der Waals surface area contributed by atoms with Crippen molar-refractivity contribution in [3.63, 3.8) is 0 Å². The Balaban J connectivity index is 3.92. The molecule has 0 saturated carbocycles. The molecule has 0 fully saturated rings. The zero-order valence-corrected chi connectivity index (χ0v) is 11.6. The summed E-state index contributed by atoms with van der Waals surface area (Å²) in [6, 6.07) is -0.0816. The van der Waals surface area contributed by atoms with Crippen LogP contribution in [0.2, 0.25) is 0 Å². The van der Waals surface area contributed by atoms with E-state index >= 15 is 0 Å². The smallest absolute Gasteiger partial charge is 0.221 e. The quantitative estimate of drug-likeness (QED) is 0.757. The van der Waals surface area contributed by atoms with Gasteiger partial charge in [0.25, 0.3) is 0 Å². The molecule has 0 aliphatic carbocycles. The van der Waals surface area contributed by atoms with Crippen LogP contribution < -0.4 is 11.1 Å². The first-order valence-corrected chi connectivity index (χ1v) is 6.17. The minimum Gasteiger partial charge on any atom is -0.356 e. The highest BCUT2D eigenvalue weighted by Crippen LogP contribution is 2.19. The van der Waals surface area contributed by atoms with Crippen molar-refractivity contribution in [1.82, 2.24) is 5.32 Å². The van der Waals surface area contributed by atoms with Crippen molar-refractivity contribution in [1.29, 1.82) is 0 Å². The van der Waals surface area contributed by atoms with E-state index in [1.807, 2.05) is 0 Å². The van der Waals surface area contributed by atoms with Crippen molar-refractivity contribution in [2.45, 2.75) is 54.0 Å². The van der Waals surface area contributed by atoms with Crippen LogP contribution in [0.3, 0.4) is 0 Å². The van der Waals surface area contributed by atoms with Gasteiger partial charge in [-0.1, -0.05) is 41.5 Å². The molecule has 3 N–H and O–H groups in total. The summed E-state index contributed by atoms with van der Waals surface area (Å²) in [7, 11) is 0.